The van der Waals surface area contributed by atoms with Crippen LogP contribution in [0.3, 0.4) is 0 Å². The fourth-order valence-electron chi connectivity index (χ4n) is 2.39. The van der Waals surface area contributed by atoms with E-state index in [1.54, 1.807) is 13.0 Å². The number of benzene rings is 1. The molecule has 12 heteroatoms. The molecule has 0 aliphatic heterocycles. The third kappa shape index (κ3) is 11.5. The van der Waals surface area contributed by atoms with Gasteiger partial charge >= 0.3 is 6.36 Å². The molecule has 0 spiro atoms. The molecule has 0 amide bonds. The average molecular weight is 552 g/mol. The van der Waals surface area contributed by atoms with Gasteiger partial charge in [0.2, 0.25) is 10.0 Å². The number of halogens is 4. The van der Waals surface area contributed by atoms with Crippen molar-refractivity contribution < 1.29 is 26.3 Å². The first-order valence-corrected chi connectivity index (χ1v) is 10.7. The van der Waals surface area contributed by atoms with E-state index >= 15 is 0 Å². The molecule has 168 valence electrons. The van der Waals surface area contributed by atoms with Gasteiger partial charge in [0.1, 0.15) is 5.75 Å². The number of rotatable bonds is 10. The maximum Gasteiger partial charge on any atom is 0.573 e. The maximum absolute atomic E-state index is 12.5. The Morgan fingerprint density at radius 1 is 1.21 bits per heavy atom. The van der Waals surface area contributed by atoms with Crippen LogP contribution in [0.4, 0.5) is 13.2 Å². The van der Waals surface area contributed by atoms with Gasteiger partial charge in [0.15, 0.2) is 5.96 Å². The van der Waals surface area contributed by atoms with Gasteiger partial charge < -0.3 is 15.4 Å². The molecule has 0 fully saturated rings. The van der Waals surface area contributed by atoms with Gasteiger partial charge in [0.05, 0.1) is 12.8 Å². The Kier molecular flexibility index (Phi) is 12.5. The summed E-state index contributed by atoms with van der Waals surface area (Å²) in [5, 5.41) is 6.04. The summed E-state index contributed by atoms with van der Waals surface area (Å²) in [7, 11) is -3.24. The molecular weight excluding hydrogens is 524 g/mol. The molecule has 0 saturated carbocycles. The summed E-state index contributed by atoms with van der Waals surface area (Å²) in [6, 6.07) is 5.82. The number of nitrogens with one attached hydrogen (secondary N) is 2. The lowest BCUT2D eigenvalue weighted by atomic mass is 10.2. The first kappa shape index (κ1) is 27.7. The average Bonchev–Trinajstić information content (AvgIpc) is 2.58. The minimum atomic E-state index is -4.77. The summed E-state index contributed by atoms with van der Waals surface area (Å²) < 4.78 is 66.0. The van der Waals surface area contributed by atoms with Crippen molar-refractivity contribution in [2.24, 2.45) is 4.99 Å². The van der Waals surface area contributed by atoms with E-state index in [1.165, 1.54) is 22.5 Å². The van der Waals surface area contributed by atoms with Crippen molar-refractivity contribution in [3.8, 4) is 5.75 Å². The molecule has 0 heterocycles. The van der Waals surface area contributed by atoms with Crippen molar-refractivity contribution >= 4 is 40.0 Å². The predicted octanol–water partition coefficient (Wildman–Crippen LogP) is 2.93. The molecule has 0 aliphatic carbocycles. The highest BCUT2D eigenvalue weighted by Crippen LogP contribution is 2.26. The van der Waals surface area contributed by atoms with Crippen LogP contribution in [0.1, 0.15) is 25.8 Å². The number of ether oxygens (including phenoxy) is 1. The molecule has 7 nitrogen and oxygen atoms in total. The van der Waals surface area contributed by atoms with Crippen LogP contribution in [0.25, 0.3) is 0 Å². The van der Waals surface area contributed by atoms with E-state index in [2.05, 4.69) is 20.4 Å². The van der Waals surface area contributed by atoms with Gasteiger partial charge in [0, 0.05) is 31.7 Å². The lowest BCUT2D eigenvalue weighted by Crippen LogP contribution is -2.39. The van der Waals surface area contributed by atoms with E-state index in [9.17, 15) is 21.6 Å². The van der Waals surface area contributed by atoms with Crippen molar-refractivity contribution in [1.82, 2.24) is 14.9 Å². The number of nitrogens with zero attached hydrogens (tertiary/aromatic N) is 2. The lowest BCUT2D eigenvalue weighted by Gasteiger charge is -2.18. The molecule has 0 saturated heterocycles. The van der Waals surface area contributed by atoms with Crippen LogP contribution in [0.5, 0.6) is 5.75 Å². The zero-order chi connectivity index (χ0) is 21.2. The molecule has 1 aromatic carbocycles. The van der Waals surface area contributed by atoms with Crippen molar-refractivity contribution in [2.45, 2.75) is 33.2 Å². The minimum Gasteiger partial charge on any atom is -0.405 e. The summed E-state index contributed by atoms with van der Waals surface area (Å²) in [5.41, 5.74) is 0.297. The third-order valence-corrected chi connectivity index (χ3v) is 5.03. The summed E-state index contributed by atoms with van der Waals surface area (Å²) >= 11 is 0. The van der Waals surface area contributed by atoms with Crippen LogP contribution in [-0.2, 0) is 16.6 Å². The molecule has 0 radical (unpaired) electrons. The topological polar surface area (TPSA) is 83.0 Å². The smallest absolute Gasteiger partial charge is 0.405 e. The van der Waals surface area contributed by atoms with E-state index < -0.39 is 16.4 Å². The zero-order valence-electron chi connectivity index (χ0n) is 16.6. The highest BCUT2D eigenvalue weighted by molar-refractivity contribution is 14.0. The molecular formula is C17H28F3IN4O3S. The fourth-order valence-corrected chi connectivity index (χ4v) is 3.32. The van der Waals surface area contributed by atoms with Gasteiger partial charge in [-0.25, -0.2) is 17.7 Å². The van der Waals surface area contributed by atoms with Crippen molar-refractivity contribution in [3.05, 3.63) is 29.8 Å². The van der Waals surface area contributed by atoms with Gasteiger partial charge in [0.25, 0.3) is 0 Å². The number of hydrogen-bond donors (Lipinski definition) is 2. The van der Waals surface area contributed by atoms with Gasteiger partial charge in [-0.2, -0.15) is 0 Å². The molecule has 0 aliphatic rings. The van der Waals surface area contributed by atoms with Crippen LogP contribution in [-0.4, -0.2) is 57.5 Å². The molecule has 29 heavy (non-hydrogen) atoms. The largest absolute Gasteiger partial charge is 0.573 e. The van der Waals surface area contributed by atoms with Gasteiger partial charge in [-0.05, 0) is 19.4 Å². The third-order valence-electron chi connectivity index (χ3n) is 3.65. The first-order valence-electron chi connectivity index (χ1n) is 8.87. The Labute approximate surface area is 187 Å². The molecule has 1 rings (SSSR count). The first-order chi connectivity index (χ1) is 13.1. The van der Waals surface area contributed by atoms with Crippen LogP contribution in [0, 0.1) is 0 Å². The SMILES string of the molecule is CCNC(=NCc1ccccc1OC(F)(F)F)NCCCN(CC)S(C)(=O)=O.I. The Bertz CT molecular complexity index is 746. The Morgan fingerprint density at radius 2 is 1.86 bits per heavy atom. The normalized spacial score (nSPS) is 12.4. The van der Waals surface area contributed by atoms with Crippen molar-refractivity contribution in [1.29, 1.82) is 0 Å². The molecule has 0 atom stereocenters. The molecule has 1 aromatic rings. The minimum absolute atomic E-state index is 0. The standard InChI is InChI=1S/C17H27F3N4O3S.HI/c1-4-21-16(22-11-8-12-24(5-2)28(3,25)26)23-13-14-9-6-7-10-15(14)27-17(18,19)20;/h6-7,9-10H,4-5,8,11-13H2,1-3H3,(H2,21,22,23);1H. The molecule has 0 unspecified atom stereocenters. The van der Waals surface area contributed by atoms with Crippen LogP contribution >= 0.6 is 24.0 Å². The number of guanidine groups is 1. The highest BCUT2D eigenvalue weighted by atomic mass is 127. The second kappa shape index (κ2) is 13.1. The number of sulfonamides is 1. The monoisotopic (exact) mass is 552 g/mol. The Hall–Kier alpha value is -1.28. The fraction of sp³-hybridized carbons (Fsp3) is 0.588. The van der Waals surface area contributed by atoms with Crippen molar-refractivity contribution in [3.63, 3.8) is 0 Å². The Morgan fingerprint density at radius 3 is 2.41 bits per heavy atom. The molecule has 0 aromatic heterocycles. The highest BCUT2D eigenvalue weighted by Gasteiger charge is 2.31. The van der Waals surface area contributed by atoms with Crippen LogP contribution in [0.2, 0.25) is 0 Å². The van der Waals surface area contributed by atoms with Crippen LogP contribution < -0.4 is 15.4 Å². The molecule has 2 N–H and O–H groups in total. The summed E-state index contributed by atoms with van der Waals surface area (Å²) in [6.45, 7) is 5.40. The zero-order valence-corrected chi connectivity index (χ0v) is 19.8. The van der Waals surface area contributed by atoms with E-state index in [-0.39, 0.29) is 36.3 Å². The Balaban J connectivity index is 0.00000784. The number of aliphatic imine (C=N–C) groups is 1. The number of hydrogen-bond acceptors (Lipinski definition) is 4. The summed E-state index contributed by atoms with van der Waals surface area (Å²) in [4.78, 5) is 4.28. The quantitative estimate of drug-likeness (QED) is 0.202. The second-order valence-electron chi connectivity index (χ2n) is 5.89. The van der Waals surface area contributed by atoms with Crippen LogP contribution in [0.15, 0.2) is 29.3 Å². The summed E-state index contributed by atoms with van der Waals surface area (Å²) in [6.07, 6.45) is -3.05. The number of alkyl halides is 3. The van der Waals surface area contributed by atoms with E-state index in [0.29, 0.717) is 44.1 Å². The van der Waals surface area contributed by atoms with E-state index in [4.69, 9.17) is 0 Å². The van der Waals surface area contributed by atoms with Crippen molar-refractivity contribution in [2.75, 3.05) is 32.4 Å². The van der Waals surface area contributed by atoms with Gasteiger partial charge in [-0.1, -0.05) is 25.1 Å². The van der Waals surface area contributed by atoms with E-state index in [0.717, 1.165) is 6.26 Å². The van der Waals surface area contributed by atoms with E-state index in [1.807, 2.05) is 6.92 Å². The number of para-hydroxylation sites is 1. The predicted molar refractivity (Wildman–Crippen MR) is 118 cm³/mol. The molecule has 0 bridgehead atoms. The second-order valence-corrected chi connectivity index (χ2v) is 7.87. The van der Waals surface area contributed by atoms with Gasteiger partial charge in [-0.15, -0.1) is 37.1 Å². The van der Waals surface area contributed by atoms with Gasteiger partial charge in [-0.3, -0.25) is 0 Å². The maximum atomic E-state index is 12.5. The lowest BCUT2D eigenvalue weighted by molar-refractivity contribution is -0.274. The summed E-state index contributed by atoms with van der Waals surface area (Å²) in [5.74, 6) is 0.132.